The van der Waals surface area contributed by atoms with E-state index in [0.29, 0.717) is 5.88 Å². The fourth-order valence-corrected chi connectivity index (χ4v) is 2.35. The highest BCUT2D eigenvalue weighted by Gasteiger charge is 2.10. The highest BCUT2D eigenvalue weighted by Crippen LogP contribution is 2.14. The van der Waals surface area contributed by atoms with E-state index in [0.717, 1.165) is 6.54 Å². The molecule has 1 nitrogen and oxygen atoms in total. The van der Waals surface area contributed by atoms with Crippen molar-refractivity contribution in [2.24, 2.45) is 0 Å². The average molecular weight is 260 g/mol. The fourth-order valence-electron chi connectivity index (χ4n) is 2.19. The zero-order valence-corrected chi connectivity index (χ0v) is 11.1. The summed E-state index contributed by atoms with van der Waals surface area (Å²) in [5.41, 5.74) is 2.63. The molecular weight excluding hydrogens is 241 g/mol. The van der Waals surface area contributed by atoms with Crippen molar-refractivity contribution in [1.82, 2.24) is 4.90 Å². The Morgan fingerprint density at radius 1 is 1.06 bits per heavy atom. The van der Waals surface area contributed by atoms with E-state index in [1.54, 1.807) is 0 Å². The third-order valence-corrected chi connectivity index (χ3v) is 3.31. The lowest BCUT2D eigenvalue weighted by molar-refractivity contribution is 0.221. The van der Waals surface area contributed by atoms with Gasteiger partial charge in [-0.2, -0.15) is 0 Å². The number of hydrogen-bond acceptors (Lipinski definition) is 1. The highest BCUT2D eigenvalue weighted by atomic mass is 35.5. The zero-order chi connectivity index (χ0) is 10.5. The Labute approximate surface area is 109 Å². The van der Waals surface area contributed by atoms with E-state index >= 15 is 0 Å². The van der Waals surface area contributed by atoms with Crippen LogP contribution in [0.5, 0.6) is 0 Å². The number of alkyl halides is 1. The van der Waals surface area contributed by atoms with Gasteiger partial charge in [0.1, 0.15) is 0 Å². The van der Waals surface area contributed by atoms with E-state index in [9.17, 15) is 0 Å². The molecule has 0 spiro atoms. The van der Waals surface area contributed by atoms with Crippen LogP contribution in [0.1, 0.15) is 30.4 Å². The monoisotopic (exact) mass is 259 g/mol. The second kappa shape index (κ2) is 7.16. The first-order valence-corrected chi connectivity index (χ1v) is 6.28. The molecular formula is C13H19Cl2N. The molecule has 0 aromatic heterocycles. The quantitative estimate of drug-likeness (QED) is 0.746. The molecule has 0 N–H and O–H groups in total. The second-order valence-electron chi connectivity index (χ2n) is 4.29. The first-order valence-electron chi connectivity index (χ1n) is 5.74. The molecule has 1 aliphatic heterocycles. The molecule has 0 saturated carbocycles. The van der Waals surface area contributed by atoms with Gasteiger partial charge in [0.2, 0.25) is 0 Å². The summed E-state index contributed by atoms with van der Waals surface area (Å²) in [6.45, 7) is 3.60. The van der Waals surface area contributed by atoms with Crippen LogP contribution in [0.15, 0.2) is 24.3 Å². The van der Waals surface area contributed by atoms with Gasteiger partial charge >= 0.3 is 0 Å². The van der Waals surface area contributed by atoms with Crippen LogP contribution in [0.2, 0.25) is 0 Å². The van der Waals surface area contributed by atoms with Crippen LogP contribution in [0.3, 0.4) is 0 Å². The molecule has 0 unspecified atom stereocenters. The molecule has 16 heavy (non-hydrogen) atoms. The molecule has 2 rings (SSSR count). The average Bonchev–Trinajstić information content (AvgIpc) is 2.31. The molecule has 0 atom stereocenters. The Hall–Kier alpha value is -0.240. The zero-order valence-electron chi connectivity index (χ0n) is 9.49. The molecule has 0 radical (unpaired) electrons. The van der Waals surface area contributed by atoms with Gasteiger partial charge in [-0.15, -0.1) is 24.0 Å². The lowest BCUT2D eigenvalue weighted by Gasteiger charge is -2.26. The first-order chi connectivity index (χ1) is 7.38. The van der Waals surface area contributed by atoms with Crippen molar-refractivity contribution in [3.63, 3.8) is 0 Å². The van der Waals surface area contributed by atoms with Crippen molar-refractivity contribution in [3.05, 3.63) is 35.4 Å². The predicted octanol–water partition coefficient (Wildman–Crippen LogP) is 3.83. The van der Waals surface area contributed by atoms with Gasteiger partial charge < -0.3 is 0 Å². The van der Waals surface area contributed by atoms with Crippen molar-refractivity contribution in [2.75, 3.05) is 13.1 Å². The Morgan fingerprint density at radius 2 is 1.75 bits per heavy atom. The number of likely N-dealkylation sites (tertiary alicyclic amines) is 1. The van der Waals surface area contributed by atoms with Crippen LogP contribution in [-0.2, 0) is 12.4 Å². The SMILES string of the molecule is Cl.ClCc1cccc(CN2CCCCC2)c1. The van der Waals surface area contributed by atoms with Gasteiger partial charge in [0, 0.05) is 12.4 Å². The van der Waals surface area contributed by atoms with Crippen LogP contribution in [-0.4, -0.2) is 18.0 Å². The van der Waals surface area contributed by atoms with E-state index in [4.69, 9.17) is 11.6 Å². The summed E-state index contributed by atoms with van der Waals surface area (Å²) in [4.78, 5) is 2.54. The number of hydrogen-bond donors (Lipinski definition) is 0. The summed E-state index contributed by atoms with van der Waals surface area (Å²) in [7, 11) is 0. The maximum absolute atomic E-state index is 5.83. The molecule has 1 aromatic carbocycles. The van der Waals surface area contributed by atoms with E-state index in [-0.39, 0.29) is 12.4 Å². The Kier molecular flexibility index (Phi) is 6.18. The lowest BCUT2D eigenvalue weighted by atomic mass is 10.1. The summed E-state index contributed by atoms with van der Waals surface area (Å²) in [5.74, 6) is 0.619. The molecule has 0 amide bonds. The summed E-state index contributed by atoms with van der Waals surface area (Å²) < 4.78 is 0. The number of halogens is 2. The van der Waals surface area contributed by atoms with Crippen molar-refractivity contribution in [3.8, 4) is 0 Å². The molecule has 1 aromatic rings. The minimum absolute atomic E-state index is 0. The molecule has 1 saturated heterocycles. The van der Waals surface area contributed by atoms with Crippen molar-refractivity contribution >= 4 is 24.0 Å². The van der Waals surface area contributed by atoms with Crippen LogP contribution in [0, 0.1) is 0 Å². The number of piperidine rings is 1. The molecule has 0 aliphatic carbocycles. The molecule has 90 valence electrons. The molecule has 1 heterocycles. The summed E-state index contributed by atoms with van der Waals surface area (Å²) in [6, 6.07) is 8.62. The van der Waals surface area contributed by atoms with Gasteiger partial charge in [0.25, 0.3) is 0 Å². The molecule has 3 heteroatoms. The van der Waals surface area contributed by atoms with Gasteiger partial charge in [-0.1, -0.05) is 30.7 Å². The third-order valence-electron chi connectivity index (χ3n) is 3.00. The summed E-state index contributed by atoms with van der Waals surface area (Å²) >= 11 is 5.83. The molecule has 1 aliphatic rings. The van der Waals surface area contributed by atoms with Crippen molar-refractivity contribution in [1.29, 1.82) is 0 Å². The maximum atomic E-state index is 5.83. The molecule has 0 bridgehead atoms. The van der Waals surface area contributed by atoms with Crippen LogP contribution >= 0.6 is 24.0 Å². The molecule has 1 fully saturated rings. The smallest absolute Gasteiger partial charge is 0.0474 e. The van der Waals surface area contributed by atoms with Gasteiger partial charge in [0.15, 0.2) is 0 Å². The standard InChI is InChI=1S/C13H18ClN.ClH/c14-10-12-5-4-6-13(9-12)11-15-7-2-1-3-8-15;/h4-6,9H,1-3,7-8,10-11H2;1H. The number of rotatable bonds is 3. The predicted molar refractivity (Wildman–Crippen MR) is 72.4 cm³/mol. The largest absolute Gasteiger partial charge is 0.299 e. The minimum atomic E-state index is 0. The Bertz CT molecular complexity index is 309. The fraction of sp³-hybridized carbons (Fsp3) is 0.538. The van der Waals surface area contributed by atoms with Crippen LogP contribution in [0.25, 0.3) is 0 Å². The summed E-state index contributed by atoms with van der Waals surface area (Å²) in [5, 5.41) is 0. The van der Waals surface area contributed by atoms with Gasteiger partial charge in [-0.25, -0.2) is 0 Å². The van der Waals surface area contributed by atoms with E-state index < -0.39 is 0 Å². The second-order valence-corrected chi connectivity index (χ2v) is 4.56. The van der Waals surface area contributed by atoms with E-state index in [1.165, 1.54) is 43.5 Å². The minimum Gasteiger partial charge on any atom is -0.299 e. The Balaban J connectivity index is 0.00000128. The van der Waals surface area contributed by atoms with Gasteiger partial charge in [-0.3, -0.25) is 4.90 Å². The first kappa shape index (κ1) is 13.8. The van der Waals surface area contributed by atoms with Gasteiger partial charge in [0.05, 0.1) is 0 Å². The van der Waals surface area contributed by atoms with Crippen LogP contribution < -0.4 is 0 Å². The van der Waals surface area contributed by atoms with Crippen molar-refractivity contribution < 1.29 is 0 Å². The maximum Gasteiger partial charge on any atom is 0.0474 e. The summed E-state index contributed by atoms with van der Waals surface area (Å²) in [6.07, 6.45) is 4.11. The Morgan fingerprint density at radius 3 is 2.44 bits per heavy atom. The normalized spacial score (nSPS) is 16.8. The lowest BCUT2D eigenvalue weighted by Crippen LogP contribution is -2.29. The topological polar surface area (TPSA) is 3.24 Å². The highest BCUT2D eigenvalue weighted by molar-refractivity contribution is 6.17. The van der Waals surface area contributed by atoms with Crippen molar-refractivity contribution in [2.45, 2.75) is 31.7 Å². The number of benzene rings is 1. The number of nitrogens with zero attached hydrogens (tertiary/aromatic N) is 1. The van der Waals surface area contributed by atoms with E-state index in [2.05, 4.69) is 29.2 Å². The van der Waals surface area contributed by atoms with E-state index in [1.807, 2.05) is 0 Å². The van der Waals surface area contributed by atoms with Gasteiger partial charge in [-0.05, 0) is 37.1 Å². The van der Waals surface area contributed by atoms with Crippen LogP contribution in [0.4, 0.5) is 0 Å². The third kappa shape index (κ3) is 3.97.